The van der Waals surface area contributed by atoms with E-state index in [0.29, 0.717) is 30.1 Å². The van der Waals surface area contributed by atoms with Crippen LogP contribution >= 0.6 is 0 Å². The Bertz CT molecular complexity index is 625. The van der Waals surface area contributed by atoms with Crippen molar-refractivity contribution in [1.82, 2.24) is 14.8 Å². The van der Waals surface area contributed by atoms with E-state index in [4.69, 9.17) is 5.26 Å². The van der Waals surface area contributed by atoms with Crippen molar-refractivity contribution in [2.24, 2.45) is 5.92 Å². The maximum absolute atomic E-state index is 13.2. The minimum atomic E-state index is -0.448. The first-order chi connectivity index (χ1) is 10.4. The molecule has 1 aliphatic heterocycles. The van der Waals surface area contributed by atoms with Crippen LogP contribution in [-0.4, -0.2) is 46.9 Å². The Kier molecular flexibility index (Phi) is 4.76. The number of nitriles is 1. The van der Waals surface area contributed by atoms with Crippen LogP contribution in [0, 0.1) is 23.1 Å². The number of halogens is 1. The third kappa shape index (κ3) is 3.42. The Morgan fingerprint density at radius 1 is 1.64 bits per heavy atom. The first-order valence-corrected chi connectivity index (χ1v) is 7.12. The molecule has 1 saturated heterocycles. The number of hydrogen-bond donors (Lipinski definition) is 0. The molecule has 0 saturated carbocycles. The van der Waals surface area contributed by atoms with Gasteiger partial charge >= 0.3 is 0 Å². The Balaban J connectivity index is 2.02. The summed E-state index contributed by atoms with van der Waals surface area (Å²) in [4.78, 5) is 19.4. The zero-order valence-electron chi connectivity index (χ0n) is 12.8. The predicted octanol–water partition coefficient (Wildman–Crippen LogP) is 1.88. The highest BCUT2D eigenvalue weighted by molar-refractivity contribution is 5.81. The fourth-order valence-corrected chi connectivity index (χ4v) is 2.62. The van der Waals surface area contributed by atoms with Gasteiger partial charge in [0.15, 0.2) is 0 Å². The quantitative estimate of drug-likeness (QED) is 0.852. The van der Waals surface area contributed by atoms with Crippen LogP contribution in [0.25, 0.3) is 5.70 Å². The van der Waals surface area contributed by atoms with Crippen LogP contribution in [0.15, 0.2) is 25.0 Å². The number of nitrogens with zero attached hydrogens (tertiary/aromatic N) is 4. The molecule has 1 fully saturated rings. The molecule has 1 aromatic heterocycles. The van der Waals surface area contributed by atoms with E-state index in [1.165, 1.54) is 12.3 Å². The summed E-state index contributed by atoms with van der Waals surface area (Å²) >= 11 is 0. The third-order valence-corrected chi connectivity index (χ3v) is 3.85. The van der Waals surface area contributed by atoms with Crippen LogP contribution in [0.4, 0.5) is 4.39 Å². The molecule has 0 aliphatic carbocycles. The van der Waals surface area contributed by atoms with Gasteiger partial charge in [-0.3, -0.25) is 9.78 Å². The zero-order chi connectivity index (χ0) is 16.3. The van der Waals surface area contributed by atoms with Gasteiger partial charge in [0.25, 0.3) is 0 Å². The molecule has 1 aliphatic rings. The number of hydrogen-bond acceptors (Lipinski definition) is 4. The summed E-state index contributed by atoms with van der Waals surface area (Å²) in [6.07, 6.45) is 3.33. The Labute approximate surface area is 129 Å². The zero-order valence-corrected chi connectivity index (χ0v) is 12.8. The summed E-state index contributed by atoms with van der Waals surface area (Å²) < 4.78 is 13.2. The van der Waals surface area contributed by atoms with Gasteiger partial charge in [-0.15, -0.1) is 0 Å². The number of likely N-dealkylation sites (tertiary alicyclic amines) is 1. The molecule has 0 N–H and O–H groups in total. The topological polar surface area (TPSA) is 60.2 Å². The van der Waals surface area contributed by atoms with Crippen molar-refractivity contribution in [2.75, 3.05) is 20.1 Å². The Morgan fingerprint density at radius 3 is 3.00 bits per heavy atom. The molecular weight excluding hydrogens is 283 g/mol. The summed E-state index contributed by atoms with van der Waals surface area (Å²) in [5.74, 6) is -0.241. The number of rotatable bonds is 4. The van der Waals surface area contributed by atoms with Gasteiger partial charge in [0.2, 0.25) is 5.91 Å². The van der Waals surface area contributed by atoms with Crippen LogP contribution < -0.4 is 0 Å². The molecule has 116 valence electrons. The largest absolute Gasteiger partial charge is 0.365 e. The fourth-order valence-electron chi connectivity index (χ4n) is 2.62. The highest BCUT2D eigenvalue weighted by Crippen LogP contribution is 2.23. The molecule has 0 aromatic carbocycles. The smallest absolute Gasteiger partial charge is 0.243 e. The molecular formula is C16H19FN4O. The van der Waals surface area contributed by atoms with Crippen LogP contribution in [0.5, 0.6) is 0 Å². The number of carbonyl (C=O) groups is 1. The van der Waals surface area contributed by atoms with Gasteiger partial charge in [-0.25, -0.2) is 4.39 Å². The summed E-state index contributed by atoms with van der Waals surface area (Å²) in [6.45, 7) is 6.60. The Hall–Kier alpha value is -2.42. The summed E-state index contributed by atoms with van der Waals surface area (Å²) in [7, 11) is 1.71. The van der Waals surface area contributed by atoms with Crippen LogP contribution in [0.1, 0.15) is 18.9 Å². The lowest BCUT2D eigenvalue weighted by Crippen LogP contribution is -2.40. The number of amides is 1. The minimum Gasteiger partial charge on any atom is -0.365 e. The van der Waals surface area contributed by atoms with Crippen molar-refractivity contribution >= 4 is 11.6 Å². The number of aromatic nitrogens is 1. The molecule has 0 spiro atoms. The fraction of sp³-hybridized carbons (Fsp3) is 0.438. The lowest BCUT2D eigenvalue weighted by Gasteiger charge is -2.26. The van der Waals surface area contributed by atoms with E-state index >= 15 is 0 Å². The van der Waals surface area contributed by atoms with E-state index in [2.05, 4.69) is 17.6 Å². The van der Waals surface area contributed by atoms with Crippen molar-refractivity contribution in [3.8, 4) is 6.07 Å². The van der Waals surface area contributed by atoms with Crippen LogP contribution in [-0.2, 0) is 4.79 Å². The summed E-state index contributed by atoms with van der Waals surface area (Å²) in [5.41, 5.74) is 1.04. The maximum Gasteiger partial charge on any atom is 0.243 e. The van der Waals surface area contributed by atoms with Crippen molar-refractivity contribution in [2.45, 2.75) is 19.4 Å². The molecule has 0 radical (unpaired) electrons. The second-order valence-corrected chi connectivity index (χ2v) is 5.73. The molecule has 6 heteroatoms. The molecule has 2 heterocycles. The van der Waals surface area contributed by atoms with E-state index in [9.17, 15) is 9.18 Å². The number of carbonyl (C=O) groups excluding carboxylic acids is 1. The summed E-state index contributed by atoms with van der Waals surface area (Å²) in [6, 6.07) is 3.14. The van der Waals surface area contributed by atoms with Gasteiger partial charge in [0.1, 0.15) is 11.9 Å². The monoisotopic (exact) mass is 302 g/mol. The second-order valence-electron chi connectivity index (χ2n) is 5.73. The number of likely N-dealkylation sites (N-methyl/N-ethyl adjacent to an activating group) is 1. The van der Waals surface area contributed by atoms with E-state index < -0.39 is 5.82 Å². The van der Waals surface area contributed by atoms with Gasteiger partial charge < -0.3 is 9.80 Å². The van der Waals surface area contributed by atoms with Crippen molar-refractivity contribution < 1.29 is 9.18 Å². The van der Waals surface area contributed by atoms with Gasteiger partial charge in [-0.2, -0.15) is 5.26 Å². The summed E-state index contributed by atoms with van der Waals surface area (Å²) in [5, 5.41) is 9.13. The average molecular weight is 302 g/mol. The Morgan fingerprint density at radius 2 is 2.36 bits per heavy atom. The lowest BCUT2D eigenvalue weighted by molar-refractivity contribution is -0.131. The van der Waals surface area contributed by atoms with Gasteiger partial charge in [0.05, 0.1) is 18.8 Å². The maximum atomic E-state index is 13.2. The highest BCUT2D eigenvalue weighted by Gasteiger charge is 2.33. The van der Waals surface area contributed by atoms with Crippen LogP contribution in [0.3, 0.4) is 0 Å². The van der Waals surface area contributed by atoms with Crippen LogP contribution in [0.2, 0.25) is 0 Å². The molecule has 2 unspecified atom stereocenters. The molecule has 2 atom stereocenters. The molecule has 1 amide bonds. The number of pyridine rings is 1. The molecule has 1 aromatic rings. The average Bonchev–Trinajstić information content (AvgIpc) is 2.87. The van der Waals surface area contributed by atoms with Gasteiger partial charge in [-0.05, 0) is 18.4 Å². The van der Waals surface area contributed by atoms with E-state index in [0.717, 1.165) is 6.20 Å². The van der Waals surface area contributed by atoms with E-state index in [1.54, 1.807) is 16.8 Å². The molecule has 5 nitrogen and oxygen atoms in total. The first-order valence-electron chi connectivity index (χ1n) is 7.12. The predicted molar refractivity (Wildman–Crippen MR) is 80.8 cm³/mol. The van der Waals surface area contributed by atoms with E-state index in [-0.39, 0.29) is 18.5 Å². The second kappa shape index (κ2) is 6.56. The third-order valence-electron chi connectivity index (χ3n) is 3.85. The lowest BCUT2D eigenvalue weighted by atomic mass is 10.1. The van der Waals surface area contributed by atoms with Gasteiger partial charge in [0, 0.05) is 31.0 Å². The minimum absolute atomic E-state index is 0.0975. The highest BCUT2D eigenvalue weighted by atomic mass is 19.1. The van der Waals surface area contributed by atoms with Crippen molar-refractivity contribution in [3.63, 3.8) is 0 Å². The van der Waals surface area contributed by atoms with Crippen molar-refractivity contribution in [3.05, 3.63) is 36.4 Å². The standard InChI is InChI=1S/C16H19FN4O/c1-11-4-15(6-18)21(9-11)16(22)10-20(3)12(2)13-5-14(17)8-19-7-13/h5,7-8,11,15H,2,4,9-10H2,1,3H3. The normalized spacial score (nSPS) is 20.5. The molecule has 22 heavy (non-hydrogen) atoms. The van der Waals surface area contributed by atoms with Crippen molar-refractivity contribution in [1.29, 1.82) is 5.26 Å². The first kappa shape index (κ1) is 16.0. The SMILES string of the molecule is C=C(c1cncc(F)c1)N(C)CC(=O)N1CC(C)CC1C#N. The molecule has 0 bridgehead atoms. The van der Waals surface area contributed by atoms with E-state index in [1.807, 2.05) is 6.92 Å². The molecule has 2 rings (SSSR count). The van der Waals surface area contributed by atoms with Gasteiger partial charge in [-0.1, -0.05) is 13.5 Å².